The molecule has 1 heteroatoms. The summed E-state index contributed by atoms with van der Waals surface area (Å²) in [6, 6.07) is 24.8. The second-order valence-electron chi connectivity index (χ2n) is 20.5. The average Bonchev–Trinajstić information content (AvgIpc) is 3.79. The minimum atomic E-state index is -2.76. The summed E-state index contributed by atoms with van der Waals surface area (Å²) in [5, 5.41) is 5.08. The monoisotopic (exact) mass is 871 g/mol. The molecule has 0 saturated heterocycles. The average molecular weight is 872 g/mol. The van der Waals surface area contributed by atoms with Crippen LogP contribution in [0.3, 0.4) is 0 Å². The molecule has 0 N–H and O–H groups in total. The van der Waals surface area contributed by atoms with E-state index in [0.717, 1.165) is 0 Å². The zero-order valence-electron chi connectivity index (χ0n) is 42.8. The number of hydrogen-bond donors (Lipinski definition) is 0. The van der Waals surface area contributed by atoms with Crippen LogP contribution >= 0.6 is 0 Å². The molecule has 0 amide bonds. The molecule has 0 fully saturated rings. The third kappa shape index (κ3) is 17.3. The van der Waals surface area contributed by atoms with E-state index in [0.29, 0.717) is 11.5 Å². The number of allylic oxidation sites excluding steroid dienone is 4. The lowest BCUT2D eigenvalue weighted by atomic mass is 10.00. The minimum Gasteiger partial charge on any atom is -0.0790 e. The van der Waals surface area contributed by atoms with E-state index in [2.05, 4.69) is 128 Å². The van der Waals surface area contributed by atoms with E-state index in [4.69, 9.17) is 0 Å². The fourth-order valence-electron chi connectivity index (χ4n) is 10.6. The Kier molecular flexibility index (Phi) is 25.7. The first kappa shape index (κ1) is 53.0. The molecule has 1 aliphatic carbocycles. The van der Waals surface area contributed by atoms with Crippen LogP contribution in [0.15, 0.2) is 78.4 Å². The van der Waals surface area contributed by atoms with Crippen molar-refractivity contribution in [3.8, 4) is 0 Å². The molecule has 0 aliphatic heterocycles. The SMILES string of the molecule is CCCCCCc1cc(CCCCCC)cc([Si](c2cc(CCCCCC)cc(CCCCCC)c2)(c2cc(CCCCCC)cc(CCCCCC)c2)C2C=CC(C(C)C)=C2)c1. The van der Waals surface area contributed by atoms with Crippen LogP contribution in [0.5, 0.6) is 0 Å². The predicted octanol–water partition coefficient (Wildman–Crippen LogP) is 17.4. The number of rotatable bonds is 35. The molecule has 4 rings (SSSR count). The first-order chi connectivity index (χ1) is 30.8. The summed E-state index contributed by atoms with van der Waals surface area (Å²) in [6.45, 7) is 19.0. The van der Waals surface area contributed by atoms with Crippen LogP contribution in [0.1, 0.15) is 243 Å². The van der Waals surface area contributed by atoms with Crippen LogP contribution in [0.2, 0.25) is 5.54 Å². The number of aryl methyl sites for hydroxylation is 6. The standard InChI is InChI=1S/C62H98Si/c1-9-15-21-27-33-52-41-53(34-28-22-16-10-2)45-60(44-52)63(59-40-39-58(50-59)51(7)8,61-46-54(35-29-23-17-11-3)42-55(47-61)36-30-24-18-12-4)62-48-56(37-31-25-19-13-5)43-57(49-62)38-32-26-20-14-6/h39-51,59H,9-38H2,1-8H3. The molecule has 63 heavy (non-hydrogen) atoms. The van der Waals surface area contributed by atoms with Crippen molar-refractivity contribution in [2.45, 2.75) is 254 Å². The van der Waals surface area contributed by atoms with Gasteiger partial charge in [-0.15, -0.1) is 0 Å². The zero-order valence-corrected chi connectivity index (χ0v) is 43.8. The number of benzene rings is 3. The van der Waals surface area contributed by atoms with Gasteiger partial charge in [-0.05, 0) is 137 Å². The van der Waals surface area contributed by atoms with Crippen molar-refractivity contribution in [1.82, 2.24) is 0 Å². The van der Waals surface area contributed by atoms with Gasteiger partial charge in [-0.25, -0.2) is 0 Å². The Morgan fingerprint density at radius 3 is 0.810 bits per heavy atom. The van der Waals surface area contributed by atoms with Gasteiger partial charge in [0.1, 0.15) is 0 Å². The third-order valence-corrected chi connectivity index (χ3v) is 19.4. The summed E-state index contributed by atoms with van der Waals surface area (Å²) in [4.78, 5) is 0. The molecule has 3 aromatic carbocycles. The Morgan fingerprint density at radius 1 is 0.349 bits per heavy atom. The largest absolute Gasteiger partial charge is 0.158 e. The van der Waals surface area contributed by atoms with Gasteiger partial charge in [-0.2, -0.15) is 0 Å². The highest BCUT2D eigenvalue weighted by molar-refractivity contribution is 7.13. The van der Waals surface area contributed by atoms with Crippen molar-refractivity contribution in [3.05, 3.63) is 112 Å². The lowest BCUT2D eigenvalue weighted by molar-refractivity contribution is 0.661. The maximum atomic E-state index is 2.80. The Morgan fingerprint density at radius 2 is 0.603 bits per heavy atom. The van der Waals surface area contributed by atoms with E-state index in [1.165, 1.54) is 193 Å². The van der Waals surface area contributed by atoms with Gasteiger partial charge >= 0.3 is 0 Å². The Balaban J connectivity index is 2.13. The Labute approximate surface area is 393 Å². The van der Waals surface area contributed by atoms with Crippen LogP contribution in [-0.2, 0) is 38.5 Å². The molecule has 0 aromatic heterocycles. The molecule has 1 aliphatic rings. The van der Waals surface area contributed by atoms with Gasteiger partial charge in [0, 0.05) is 5.54 Å². The van der Waals surface area contributed by atoms with Gasteiger partial charge in [0.05, 0.1) is 0 Å². The highest BCUT2D eigenvalue weighted by atomic mass is 28.3. The second-order valence-corrected chi connectivity index (χ2v) is 24.5. The van der Waals surface area contributed by atoms with Gasteiger partial charge in [0.2, 0.25) is 0 Å². The van der Waals surface area contributed by atoms with E-state index in [1.807, 2.05) is 0 Å². The molecule has 350 valence electrons. The van der Waals surface area contributed by atoms with E-state index in [9.17, 15) is 0 Å². The maximum absolute atomic E-state index is 2.80. The maximum Gasteiger partial charge on any atom is 0.158 e. The van der Waals surface area contributed by atoms with E-state index in [-0.39, 0.29) is 0 Å². The fourth-order valence-corrected chi connectivity index (χ4v) is 16.1. The van der Waals surface area contributed by atoms with Crippen molar-refractivity contribution < 1.29 is 0 Å². The zero-order chi connectivity index (χ0) is 45.1. The summed E-state index contributed by atoms with van der Waals surface area (Å²) in [5.41, 5.74) is 11.5. The van der Waals surface area contributed by atoms with Crippen LogP contribution in [0.4, 0.5) is 0 Å². The molecule has 1 atom stereocenters. The molecule has 3 aromatic rings. The van der Waals surface area contributed by atoms with E-state index in [1.54, 1.807) is 54.5 Å². The van der Waals surface area contributed by atoms with Crippen molar-refractivity contribution in [3.63, 3.8) is 0 Å². The molecule has 0 saturated carbocycles. The smallest absolute Gasteiger partial charge is 0.0790 e. The highest BCUT2D eigenvalue weighted by Gasteiger charge is 2.47. The molecule has 0 spiro atoms. The Hall–Kier alpha value is -2.64. The molecule has 0 radical (unpaired) electrons. The Bertz CT molecular complexity index is 1490. The van der Waals surface area contributed by atoms with Crippen LogP contribution < -0.4 is 15.6 Å². The van der Waals surface area contributed by atoms with E-state index < -0.39 is 8.07 Å². The molecule has 0 nitrogen and oxygen atoms in total. The van der Waals surface area contributed by atoms with Gasteiger partial charge in [-0.3, -0.25) is 0 Å². The first-order valence-electron chi connectivity index (χ1n) is 27.6. The molecular weight excluding hydrogens is 773 g/mol. The summed E-state index contributed by atoms with van der Waals surface area (Å²) >= 11 is 0. The molecule has 1 unspecified atom stereocenters. The number of hydrogen-bond acceptors (Lipinski definition) is 0. The lowest BCUT2D eigenvalue weighted by Gasteiger charge is -2.39. The van der Waals surface area contributed by atoms with Crippen LogP contribution in [0, 0.1) is 5.92 Å². The number of unbranched alkanes of at least 4 members (excludes halogenated alkanes) is 18. The molecular formula is C62H98Si. The normalized spacial score (nSPS) is 14.0. The summed E-state index contributed by atoms with van der Waals surface area (Å²) < 4.78 is 0. The minimum absolute atomic E-state index is 0.379. The second kappa shape index (κ2) is 30.5. The third-order valence-electron chi connectivity index (χ3n) is 14.5. The van der Waals surface area contributed by atoms with Gasteiger partial charge in [-0.1, -0.05) is 244 Å². The quantitative estimate of drug-likeness (QED) is 0.0314. The first-order valence-corrected chi connectivity index (χ1v) is 29.7. The molecule has 0 heterocycles. The van der Waals surface area contributed by atoms with Crippen molar-refractivity contribution in [2.24, 2.45) is 5.92 Å². The van der Waals surface area contributed by atoms with Crippen LogP contribution in [-0.4, -0.2) is 8.07 Å². The van der Waals surface area contributed by atoms with E-state index >= 15 is 0 Å². The van der Waals surface area contributed by atoms with Crippen molar-refractivity contribution >= 4 is 23.6 Å². The van der Waals surface area contributed by atoms with Gasteiger partial charge < -0.3 is 0 Å². The topological polar surface area (TPSA) is 0 Å². The lowest BCUT2D eigenvalue weighted by Crippen LogP contribution is -2.69. The summed E-state index contributed by atoms with van der Waals surface area (Å²) in [7, 11) is -2.76. The fraction of sp³-hybridized carbons (Fsp3) is 0.645. The van der Waals surface area contributed by atoms with Gasteiger partial charge in [0.15, 0.2) is 8.07 Å². The summed E-state index contributed by atoms with van der Waals surface area (Å²) in [5.74, 6) is 0.523. The van der Waals surface area contributed by atoms with Crippen LogP contribution in [0.25, 0.3) is 0 Å². The predicted molar refractivity (Wildman–Crippen MR) is 287 cm³/mol. The summed E-state index contributed by atoms with van der Waals surface area (Å²) in [6.07, 6.45) is 46.9. The van der Waals surface area contributed by atoms with Crippen molar-refractivity contribution in [2.75, 3.05) is 0 Å². The highest BCUT2D eigenvalue weighted by Crippen LogP contribution is 2.36. The van der Waals surface area contributed by atoms with Crippen molar-refractivity contribution in [1.29, 1.82) is 0 Å². The van der Waals surface area contributed by atoms with Gasteiger partial charge in [0.25, 0.3) is 0 Å². The molecule has 0 bridgehead atoms.